The fourth-order valence-electron chi connectivity index (χ4n) is 1.68. The van der Waals surface area contributed by atoms with E-state index in [1.165, 1.54) is 12.1 Å². The van der Waals surface area contributed by atoms with Gasteiger partial charge in [-0.15, -0.1) is 4.91 Å². The molecular weight excluding hydrogens is 246 g/mol. The summed E-state index contributed by atoms with van der Waals surface area (Å²) in [6.45, 7) is 0. The Morgan fingerprint density at radius 2 is 1.63 bits per heavy atom. The molecule has 0 radical (unpaired) electrons. The van der Waals surface area contributed by atoms with Crippen molar-refractivity contribution in [3.05, 3.63) is 70.1 Å². The highest BCUT2D eigenvalue weighted by Gasteiger charge is 2.16. The molecule has 0 aromatic heterocycles. The smallest absolute Gasteiger partial charge is 0.335 e. The van der Waals surface area contributed by atoms with Gasteiger partial charge >= 0.3 is 5.97 Å². The highest BCUT2D eigenvalue weighted by atomic mass is 16.4. The van der Waals surface area contributed by atoms with Crippen LogP contribution in [-0.2, 0) is 0 Å². The van der Waals surface area contributed by atoms with Gasteiger partial charge in [-0.05, 0) is 23.4 Å². The van der Waals surface area contributed by atoms with Crippen LogP contribution < -0.4 is 0 Å². The van der Waals surface area contributed by atoms with Crippen molar-refractivity contribution in [3.8, 4) is 0 Å². The minimum Gasteiger partial charge on any atom is -0.478 e. The quantitative estimate of drug-likeness (QED) is 0.672. The summed E-state index contributed by atoms with van der Waals surface area (Å²) in [4.78, 5) is 33.8. The molecule has 0 atom stereocenters. The zero-order valence-electron chi connectivity index (χ0n) is 9.74. The monoisotopic (exact) mass is 255 g/mol. The first-order valence-electron chi connectivity index (χ1n) is 5.44. The molecule has 0 aliphatic heterocycles. The Morgan fingerprint density at radius 1 is 0.947 bits per heavy atom. The molecule has 0 bridgehead atoms. The molecule has 94 valence electrons. The molecule has 1 N–H and O–H groups in total. The highest BCUT2D eigenvalue weighted by molar-refractivity contribution is 6.12. The van der Waals surface area contributed by atoms with Crippen LogP contribution in [0.15, 0.2) is 53.7 Å². The van der Waals surface area contributed by atoms with E-state index in [1.807, 2.05) is 0 Å². The molecule has 0 amide bonds. The van der Waals surface area contributed by atoms with E-state index in [0.29, 0.717) is 5.56 Å². The number of carboxylic acid groups (broad SMARTS) is 1. The van der Waals surface area contributed by atoms with E-state index in [1.54, 1.807) is 30.3 Å². The Bertz CT molecular complexity index is 650. The van der Waals surface area contributed by atoms with E-state index in [9.17, 15) is 14.5 Å². The molecule has 0 fully saturated rings. The lowest BCUT2D eigenvalue weighted by Crippen LogP contribution is -2.04. The minimum absolute atomic E-state index is 0.0129. The van der Waals surface area contributed by atoms with Crippen LogP contribution >= 0.6 is 0 Å². The molecule has 2 rings (SSSR count). The lowest BCUT2D eigenvalue weighted by atomic mass is 9.99. The summed E-state index contributed by atoms with van der Waals surface area (Å²) in [6.07, 6.45) is 0. The van der Waals surface area contributed by atoms with Crippen molar-refractivity contribution in [2.24, 2.45) is 5.18 Å². The molecule has 0 aliphatic carbocycles. The molecule has 0 saturated carbocycles. The lowest BCUT2D eigenvalue weighted by Gasteiger charge is -2.04. The number of hydrogen-bond donors (Lipinski definition) is 1. The van der Waals surface area contributed by atoms with Crippen LogP contribution in [-0.4, -0.2) is 16.9 Å². The zero-order valence-corrected chi connectivity index (χ0v) is 9.74. The molecule has 2 aromatic rings. The van der Waals surface area contributed by atoms with E-state index >= 15 is 0 Å². The summed E-state index contributed by atoms with van der Waals surface area (Å²) in [5.74, 6) is -1.60. The number of benzene rings is 2. The van der Waals surface area contributed by atoms with Gasteiger partial charge in [0, 0.05) is 5.56 Å². The Kier molecular flexibility index (Phi) is 3.47. The molecule has 0 aliphatic rings. The topological polar surface area (TPSA) is 83.8 Å². The number of nitrogens with zero attached hydrogens (tertiary/aromatic N) is 1. The van der Waals surface area contributed by atoms with Crippen molar-refractivity contribution in [2.75, 3.05) is 0 Å². The number of aromatic carboxylic acids is 1. The van der Waals surface area contributed by atoms with E-state index < -0.39 is 11.8 Å². The van der Waals surface area contributed by atoms with Crippen molar-refractivity contribution in [3.63, 3.8) is 0 Å². The number of carbonyl (C=O) groups is 2. The number of hydrogen-bond acceptors (Lipinski definition) is 4. The van der Waals surface area contributed by atoms with Gasteiger partial charge in [-0.3, -0.25) is 4.79 Å². The summed E-state index contributed by atoms with van der Waals surface area (Å²) < 4.78 is 0. The Labute approximate surface area is 108 Å². The summed E-state index contributed by atoms with van der Waals surface area (Å²) in [7, 11) is 0. The first kappa shape index (κ1) is 12.6. The summed E-state index contributed by atoms with van der Waals surface area (Å²) in [6, 6.07) is 11.9. The van der Waals surface area contributed by atoms with Crippen LogP contribution in [0.3, 0.4) is 0 Å². The predicted molar refractivity (Wildman–Crippen MR) is 68.7 cm³/mol. The molecule has 5 heteroatoms. The van der Waals surface area contributed by atoms with Gasteiger partial charge in [-0.2, -0.15) is 0 Å². The predicted octanol–water partition coefficient (Wildman–Crippen LogP) is 3.01. The fraction of sp³-hybridized carbons (Fsp3) is 0. The Hall–Kier alpha value is -2.82. The van der Waals surface area contributed by atoms with Crippen molar-refractivity contribution in [2.45, 2.75) is 0 Å². The number of rotatable bonds is 4. The first-order valence-corrected chi connectivity index (χ1v) is 5.44. The van der Waals surface area contributed by atoms with Gasteiger partial charge in [-0.25, -0.2) is 4.79 Å². The molecule has 5 nitrogen and oxygen atoms in total. The maximum absolute atomic E-state index is 12.2. The second kappa shape index (κ2) is 5.22. The second-order valence-electron chi connectivity index (χ2n) is 3.82. The minimum atomic E-state index is -1.17. The zero-order chi connectivity index (χ0) is 13.8. The summed E-state index contributed by atoms with van der Waals surface area (Å²) in [5.41, 5.74) is 0.224. The third kappa shape index (κ3) is 2.55. The van der Waals surface area contributed by atoms with Crippen molar-refractivity contribution >= 4 is 17.4 Å². The van der Waals surface area contributed by atoms with Crippen molar-refractivity contribution in [1.29, 1.82) is 0 Å². The summed E-state index contributed by atoms with van der Waals surface area (Å²) >= 11 is 0. The normalized spacial score (nSPS) is 9.89. The van der Waals surface area contributed by atoms with Crippen LogP contribution in [0.4, 0.5) is 5.69 Å². The van der Waals surface area contributed by atoms with E-state index in [0.717, 1.165) is 6.07 Å². The second-order valence-corrected chi connectivity index (χ2v) is 3.82. The van der Waals surface area contributed by atoms with Gasteiger partial charge in [-0.1, -0.05) is 30.3 Å². The van der Waals surface area contributed by atoms with Gasteiger partial charge in [0.1, 0.15) is 5.69 Å². The van der Waals surface area contributed by atoms with Gasteiger partial charge in [0.2, 0.25) is 0 Å². The molecular formula is C14H9NO4. The van der Waals surface area contributed by atoms with Gasteiger partial charge in [0.15, 0.2) is 5.78 Å². The SMILES string of the molecule is O=Nc1ccc(C(=O)O)cc1C(=O)c1ccccc1. The average molecular weight is 255 g/mol. The van der Waals surface area contributed by atoms with Gasteiger partial charge in [0.05, 0.1) is 11.1 Å². The fourth-order valence-corrected chi connectivity index (χ4v) is 1.68. The van der Waals surface area contributed by atoms with Crippen LogP contribution in [0.1, 0.15) is 26.3 Å². The standard InChI is InChI=1S/C14H9NO4/c16-13(9-4-2-1-3-5-9)11-8-10(14(17)18)6-7-12(11)15-19/h1-8H,(H,17,18). The molecule has 2 aromatic carbocycles. The maximum Gasteiger partial charge on any atom is 0.335 e. The Balaban J connectivity index is 2.54. The largest absolute Gasteiger partial charge is 0.478 e. The van der Waals surface area contributed by atoms with Crippen LogP contribution in [0.5, 0.6) is 0 Å². The van der Waals surface area contributed by atoms with Crippen LogP contribution in [0.2, 0.25) is 0 Å². The molecule has 0 saturated heterocycles. The van der Waals surface area contributed by atoms with Gasteiger partial charge < -0.3 is 5.11 Å². The maximum atomic E-state index is 12.2. The van der Waals surface area contributed by atoms with Crippen LogP contribution in [0, 0.1) is 4.91 Å². The highest BCUT2D eigenvalue weighted by Crippen LogP contribution is 2.23. The van der Waals surface area contributed by atoms with E-state index in [2.05, 4.69) is 5.18 Å². The summed E-state index contributed by atoms with van der Waals surface area (Å²) in [5, 5.41) is 11.7. The number of carboxylic acids is 1. The number of carbonyl (C=O) groups excluding carboxylic acids is 1. The van der Waals surface area contributed by atoms with Crippen molar-refractivity contribution in [1.82, 2.24) is 0 Å². The molecule has 0 spiro atoms. The van der Waals surface area contributed by atoms with Crippen molar-refractivity contribution < 1.29 is 14.7 Å². The third-order valence-corrected chi connectivity index (χ3v) is 2.62. The number of nitroso groups, excluding NO2 is 1. The third-order valence-electron chi connectivity index (χ3n) is 2.62. The molecule has 0 heterocycles. The lowest BCUT2D eigenvalue weighted by molar-refractivity contribution is 0.0697. The molecule has 19 heavy (non-hydrogen) atoms. The van der Waals surface area contributed by atoms with E-state index in [-0.39, 0.29) is 16.8 Å². The Morgan fingerprint density at radius 3 is 2.21 bits per heavy atom. The van der Waals surface area contributed by atoms with Crippen LogP contribution in [0.25, 0.3) is 0 Å². The van der Waals surface area contributed by atoms with E-state index in [4.69, 9.17) is 5.11 Å². The first-order chi connectivity index (χ1) is 9.13. The van der Waals surface area contributed by atoms with Gasteiger partial charge in [0.25, 0.3) is 0 Å². The number of ketones is 1. The average Bonchev–Trinajstić information content (AvgIpc) is 2.46. The molecule has 0 unspecified atom stereocenters.